The van der Waals surface area contributed by atoms with E-state index in [4.69, 9.17) is 0 Å². The zero-order valence-corrected chi connectivity index (χ0v) is 8.99. The minimum absolute atomic E-state index is 0.210. The van der Waals surface area contributed by atoms with Crippen LogP contribution in [0.15, 0.2) is 24.3 Å². The lowest BCUT2D eigenvalue weighted by atomic mass is 10.1. The Morgan fingerprint density at radius 1 is 1.12 bits per heavy atom. The van der Waals surface area contributed by atoms with E-state index >= 15 is 0 Å². The van der Waals surface area contributed by atoms with Crippen molar-refractivity contribution in [3.63, 3.8) is 0 Å². The van der Waals surface area contributed by atoms with Crippen molar-refractivity contribution in [2.75, 3.05) is 6.54 Å². The van der Waals surface area contributed by atoms with E-state index in [0.29, 0.717) is 24.1 Å². The van der Waals surface area contributed by atoms with Crippen molar-refractivity contribution in [3.05, 3.63) is 35.4 Å². The van der Waals surface area contributed by atoms with Gasteiger partial charge in [-0.2, -0.15) is 0 Å². The summed E-state index contributed by atoms with van der Waals surface area (Å²) in [5, 5.41) is 0. The van der Waals surface area contributed by atoms with Crippen molar-refractivity contribution < 1.29 is 9.59 Å². The number of benzene rings is 1. The predicted molar refractivity (Wildman–Crippen MR) is 59.9 cm³/mol. The molecule has 80 valence electrons. The van der Waals surface area contributed by atoms with Gasteiger partial charge in [0.1, 0.15) is 0 Å². The normalized spacial score (nSPS) is 13.4. The first-order chi connectivity index (χ1) is 7.75. The van der Waals surface area contributed by atoms with Gasteiger partial charge in [0.25, 0.3) is 11.8 Å². The maximum atomic E-state index is 11.9. The highest BCUT2D eigenvalue weighted by molar-refractivity contribution is 6.21. The summed E-state index contributed by atoms with van der Waals surface area (Å²) in [6.45, 7) is 2.11. The SMILES string of the molecule is CC#CCCN1C(=O)c2ccccc2C1=O. The zero-order valence-electron chi connectivity index (χ0n) is 8.99. The van der Waals surface area contributed by atoms with Crippen molar-refractivity contribution in [2.45, 2.75) is 13.3 Å². The molecule has 0 saturated heterocycles. The summed E-state index contributed by atoms with van der Waals surface area (Å²) in [5.41, 5.74) is 0.994. The Hall–Kier alpha value is -2.08. The van der Waals surface area contributed by atoms with E-state index in [1.165, 1.54) is 4.90 Å². The number of rotatable bonds is 2. The van der Waals surface area contributed by atoms with Crippen LogP contribution >= 0.6 is 0 Å². The van der Waals surface area contributed by atoms with Gasteiger partial charge in [-0.25, -0.2) is 0 Å². The minimum atomic E-state index is -0.210. The van der Waals surface area contributed by atoms with Gasteiger partial charge < -0.3 is 0 Å². The van der Waals surface area contributed by atoms with Crippen LogP contribution in [0.1, 0.15) is 34.1 Å². The third-order valence-corrected chi connectivity index (χ3v) is 2.52. The quantitative estimate of drug-likeness (QED) is 0.554. The van der Waals surface area contributed by atoms with E-state index in [-0.39, 0.29) is 11.8 Å². The molecule has 0 saturated carbocycles. The van der Waals surface area contributed by atoms with Crippen LogP contribution < -0.4 is 0 Å². The van der Waals surface area contributed by atoms with Gasteiger partial charge in [-0.3, -0.25) is 14.5 Å². The van der Waals surface area contributed by atoms with Crippen LogP contribution in [0.25, 0.3) is 0 Å². The standard InChI is InChI=1S/C13H11NO2/c1-2-3-6-9-14-12(15)10-7-4-5-8-11(10)13(14)16/h4-5,7-8H,6,9H2,1H3. The van der Waals surface area contributed by atoms with E-state index in [0.717, 1.165) is 0 Å². The number of hydrogen-bond acceptors (Lipinski definition) is 2. The lowest BCUT2D eigenvalue weighted by molar-refractivity contribution is 0.0658. The topological polar surface area (TPSA) is 37.4 Å². The Bertz CT molecular complexity index is 473. The van der Waals surface area contributed by atoms with E-state index < -0.39 is 0 Å². The highest BCUT2D eigenvalue weighted by Crippen LogP contribution is 2.22. The second-order valence-electron chi connectivity index (χ2n) is 3.48. The lowest BCUT2D eigenvalue weighted by Crippen LogP contribution is -2.30. The Balaban J connectivity index is 2.24. The molecule has 3 heteroatoms. The van der Waals surface area contributed by atoms with Gasteiger partial charge in [0, 0.05) is 13.0 Å². The van der Waals surface area contributed by atoms with Gasteiger partial charge in [-0.05, 0) is 19.1 Å². The monoisotopic (exact) mass is 213 g/mol. The molecule has 1 aromatic rings. The number of carbonyl (C=O) groups is 2. The van der Waals surface area contributed by atoms with Gasteiger partial charge in [0.05, 0.1) is 11.1 Å². The van der Waals surface area contributed by atoms with Crippen LogP contribution in [0.3, 0.4) is 0 Å². The molecule has 0 bridgehead atoms. The molecule has 3 nitrogen and oxygen atoms in total. The van der Waals surface area contributed by atoms with E-state index in [1.807, 2.05) is 0 Å². The molecule has 0 atom stereocenters. The largest absolute Gasteiger partial charge is 0.273 e. The number of carbonyl (C=O) groups excluding carboxylic acids is 2. The van der Waals surface area contributed by atoms with Gasteiger partial charge >= 0.3 is 0 Å². The summed E-state index contributed by atoms with van der Waals surface area (Å²) in [5.74, 6) is 5.17. The van der Waals surface area contributed by atoms with Crippen molar-refractivity contribution in [1.82, 2.24) is 4.90 Å². The summed E-state index contributed by atoms with van der Waals surface area (Å²) >= 11 is 0. The average Bonchev–Trinajstić information content (AvgIpc) is 2.55. The minimum Gasteiger partial charge on any atom is -0.273 e. The van der Waals surface area contributed by atoms with Crippen LogP contribution in [-0.4, -0.2) is 23.3 Å². The molecule has 1 aromatic carbocycles. The van der Waals surface area contributed by atoms with Crippen molar-refractivity contribution in [1.29, 1.82) is 0 Å². The van der Waals surface area contributed by atoms with Crippen molar-refractivity contribution >= 4 is 11.8 Å². The fourth-order valence-electron chi connectivity index (χ4n) is 1.73. The van der Waals surface area contributed by atoms with E-state index in [1.54, 1.807) is 31.2 Å². The maximum Gasteiger partial charge on any atom is 0.261 e. The van der Waals surface area contributed by atoms with Crippen LogP contribution in [0, 0.1) is 11.8 Å². The molecule has 0 spiro atoms. The number of imide groups is 1. The molecular formula is C13H11NO2. The molecule has 0 aliphatic carbocycles. The molecule has 0 radical (unpaired) electrons. The third-order valence-electron chi connectivity index (χ3n) is 2.52. The van der Waals surface area contributed by atoms with Gasteiger partial charge in [-0.15, -0.1) is 11.8 Å². The molecule has 0 aromatic heterocycles. The Morgan fingerprint density at radius 2 is 1.69 bits per heavy atom. The summed E-state index contributed by atoms with van der Waals surface area (Å²) < 4.78 is 0. The Kier molecular flexibility index (Phi) is 2.74. The fraction of sp³-hybridized carbons (Fsp3) is 0.231. The molecule has 0 N–H and O–H groups in total. The summed E-state index contributed by atoms with van der Waals surface area (Å²) in [7, 11) is 0. The molecule has 16 heavy (non-hydrogen) atoms. The van der Waals surface area contributed by atoms with E-state index in [9.17, 15) is 9.59 Å². The summed E-state index contributed by atoms with van der Waals surface area (Å²) in [6.07, 6.45) is 0.530. The molecule has 0 unspecified atom stereocenters. The molecule has 2 rings (SSSR count). The molecule has 1 aliphatic rings. The van der Waals surface area contributed by atoms with Crippen LogP contribution in [0.5, 0.6) is 0 Å². The van der Waals surface area contributed by atoms with Crippen molar-refractivity contribution in [3.8, 4) is 11.8 Å². The summed E-state index contributed by atoms with van der Waals surface area (Å²) in [6, 6.07) is 6.89. The molecule has 2 amide bonds. The third kappa shape index (κ3) is 1.59. The van der Waals surface area contributed by atoms with Gasteiger partial charge in [0.15, 0.2) is 0 Å². The van der Waals surface area contributed by atoms with E-state index in [2.05, 4.69) is 11.8 Å². The second-order valence-corrected chi connectivity index (χ2v) is 3.48. The predicted octanol–water partition coefficient (Wildman–Crippen LogP) is 1.70. The number of fused-ring (bicyclic) bond motifs is 1. The Morgan fingerprint density at radius 3 is 2.19 bits per heavy atom. The second kappa shape index (κ2) is 4.19. The molecular weight excluding hydrogens is 202 g/mol. The number of hydrogen-bond donors (Lipinski definition) is 0. The van der Waals surface area contributed by atoms with Crippen LogP contribution in [0.2, 0.25) is 0 Å². The number of nitrogens with zero attached hydrogens (tertiary/aromatic N) is 1. The molecule has 1 aliphatic heterocycles. The zero-order chi connectivity index (χ0) is 11.5. The smallest absolute Gasteiger partial charge is 0.261 e. The van der Waals surface area contributed by atoms with Crippen LogP contribution in [0.4, 0.5) is 0 Å². The maximum absolute atomic E-state index is 11.9. The first-order valence-corrected chi connectivity index (χ1v) is 5.10. The molecule has 1 heterocycles. The fourth-order valence-corrected chi connectivity index (χ4v) is 1.73. The molecule has 0 fully saturated rings. The first kappa shape index (κ1) is 10.4. The van der Waals surface area contributed by atoms with Crippen LogP contribution in [-0.2, 0) is 0 Å². The number of amides is 2. The van der Waals surface area contributed by atoms with Gasteiger partial charge in [-0.1, -0.05) is 12.1 Å². The summed E-state index contributed by atoms with van der Waals surface area (Å²) in [4.78, 5) is 25.0. The van der Waals surface area contributed by atoms with Gasteiger partial charge in [0.2, 0.25) is 0 Å². The highest BCUT2D eigenvalue weighted by Gasteiger charge is 2.34. The first-order valence-electron chi connectivity index (χ1n) is 5.10. The lowest BCUT2D eigenvalue weighted by Gasteiger charge is -2.10. The van der Waals surface area contributed by atoms with Crippen molar-refractivity contribution in [2.24, 2.45) is 0 Å². The highest BCUT2D eigenvalue weighted by atomic mass is 16.2. The average molecular weight is 213 g/mol. The Labute approximate surface area is 94.1 Å².